The van der Waals surface area contributed by atoms with Crippen molar-refractivity contribution in [1.29, 1.82) is 0 Å². The van der Waals surface area contributed by atoms with Gasteiger partial charge in [-0.3, -0.25) is 4.79 Å². The average Bonchev–Trinajstić information content (AvgIpc) is 2.37. The van der Waals surface area contributed by atoms with E-state index in [2.05, 4.69) is 10.2 Å². The molecule has 0 unspecified atom stereocenters. The number of nitrogens with one attached hydrogen (secondary N) is 1. The number of hydrogen-bond donors (Lipinski definition) is 2. The van der Waals surface area contributed by atoms with Crippen LogP contribution in [0.15, 0.2) is 0 Å². The van der Waals surface area contributed by atoms with E-state index in [1.165, 1.54) is 32.4 Å². The third-order valence-electron chi connectivity index (χ3n) is 3.15. The summed E-state index contributed by atoms with van der Waals surface area (Å²) in [6, 6.07) is -0.344. The molecule has 0 bridgehead atoms. The van der Waals surface area contributed by atoms with Crippen molar-refractivity contribution < 1.29 is 4.79 Å². The molecule has 1 heterocycles. The molecule has 100 valence electrons. The molecule has 0 aromatic heterocycles. The van der Waals surface area contributed by atoms with Gasteiger partial charge >= 0.3 is 0 Å². The Hall–Kier alpha value is -0.260. The molecule has 5 heteroatoms. The number of carbonyl (C=O) groups is 1. The predicted octanol–water partition coefficient (Wildman–Crippen LogP) is 0.669. The third-order valence-corrected chi connectivity index (χ3v) is 3.79. The molecule has 1 atom stereocenters. The average molecular weight is 259 g/mol. The quantitative estimate of drug-likeness (QED) is 0.705. The second-order valence-electron chi connectivity index (χ2n) is 4.58. The Bertz CT molecular complexity index is 220. The summed E-state index contributed by atoms with van der Waals surface area (Å²) in [5.74, 6) is 0.942. The van der Waals surface area contributed by atoms with Crippen LogP contribution in [-0.2, 0) is 4.79 Å². The number of likely N-dealkylation sites (tertiary alicyclic amines) is 1. The Labute approximate surface area is 109 Å². The van der Waals surface area contributed by atoms with E-state index in [1.807, 2.05) is 6.26 Å². The lowest BCUT2D eigenvalue weighted by atomic mass is 10.1. The molecular formula is C12H25N3OS. The molecule has 1 saturated heterocycles. The highest BCUT2D eigenvalue weighted by Gasteiger charge is 2.13. The van der Waals surface area contributed by atoms with Crippen LogP contribution in [0.5, 0.6) is 0 Å². The van der Waals surface area contributed by atoms with Crippen LogP contribution in [0.3, 0.4) is 0 Å². The molecule has 1 rings (SSSR count). The van der Waals surface area contributed by atoms with E-state index >= 15 is 0 Å². The zero-order valence-corrected chi connectivity index (χ0v) is 11.6. The Morgan fingerprint density at radius 3 is 2.76 bits per heavy atom. The van der Waals surface area contributed by atoms with Crippen LogP contribution in [0.4, 0.5) is 0 Å². The number of hydrogen-bond acceptors (Lipinski definition) is 4. The Kier molecular flexibility index (Phi) is 7.64. The summed E-state index contributed by atoms with van der Waals surface area (Å²) in [5.41, 5.74) is 5.78. The normalized spacial score (nSPS) is 18.9. The van der Waals surface area contributed by atoms with Gasteiger partial charge in [-0.15, -0.1) is 0 Å². The molecule has 1 aliphatic heterocycles. The first kappa shape index (κ1) is 14.8. The van der Waals surface area contributed by atoms with Crippen LogP contribution in [-0.4, -0.2) is 55.0 Å². The zero-order valence-electron chi connectivity index (χ0n) is 10.8. The molecule has 0 aromatic carbocycles. The molecule has 0 saturated carbocycles. The molecule has 17 heavy (non-hydrogen) atoms. The van der Waals surface area contributed by atoms with E-state index in [9.17, 15) is 4.79 Å². The summed E-state index contributed by atoms with van der Waals surface area (Å²) in [4.78, 5) is 14.0. The van der Waals surface area contributed by atoms with Crippen LogP contribution in [0.25, 0.3) is 0 Å². The van der Waals surface area contributed by atoms with E-state index < -0.39 is 0 Å². The fourth-order valence-electron chi connectivity index (χ4n) is 2.03. The minimum absolute atomic E-state index is 0.00365. The van der Waals surface area contributed by atoms with Gasteiger partial charge in [-0.1, -0.05) is 6.42 Å². The monoisotopic (exact) mass is 259 g/mol. The first-order chi connectivity index (χ1) is 8.24. The predicted molar refractivity (Wildman–Crippen MR) is 74.3 cm³/mol. The Balaban J connectivity index is 2.06. The maximum Gasteiger partial charge on any atom is 0.236 e. The summed E-state index contributed by atoms with van der Waals surface area (Å²) in [6.45, 7) is 4.04. The Morgan fingerprint density at radius 2 is 2.12 bits per heavy atom. The van der Waals surface area contributed by atoms with Crippen LogP contribution >= 0.6 is 11.8 Å². The summed E-state index contributed by atoms with van der Waals surface area (Å²) in [7, 11) is 0. The van der Waals surface area contributed by atoms with Gasteiger partial charge in [0.2, 0.25) is 5.91 Å². The zero-order chi connectivity index (χ0) is 12.5. The minimum Gasteiger partial charge on any atom is -0.353 e. The molecule has 1 aliphatic rings. The molecule has 0 aromatic rings. The SMILES string of the molecule is CSCC[C@H](N)C(=O)NCCN1CCCCC1. The maximum atomic E-state index is 11.6. The fraction of sp³-hybridized carbons (Fsp3) is 0.917. The van der Waals surface area contributed by atoms with Crippen molar-refractivity contribution >= 4 is 17.7 Å². The highest BCUT2D eigenvalue weighted by Crippen LogP contribution is 2.07. The van der Waals surface area contributed by atoms with Gasteiger partial charge in [-0.25, -0.2) is 0 Å². The number of thioether (sulfide) groups is 1. The van der Waals surface area contributed by atoms with Crippen LogP contribution in [0.2, 0.25) is 0 Å². The molecular weight excluding hydrogens is 234 g/mol. The van der Waals surface area contributed by atoms with Crippen molar-refractivity contribution in [2.24, 2.45) is 5.73 Å². The summed E-state index contributed by atoms with van der Waals surface area (Å²) < 4.78 is 0. The van der Waals surface area contributed by atoms with Crippen molar-refractivity contribution in [1.82, 2.24) is 10.2 Å². The summed E-state index contributed by atoms with van der Waals surface area (Å²) >= 11 is 1.73. The van der Waals surface area contributed by atoms with Crippen molar-refractivity contribution in [3.63, 3.8) is 0 Å². The lowest BCUT2D eigenvalue weighted by Gasteiger charge is -2.26. The van der Waals surface area contributed by atoms with Gasteiger partial charge < -0.3 is 16.0 Å². The summed E-state index contributed by atoms with van der Waals surface area (Å²) in [6.07, 6.45) is 6.72. The van der Waals surface area contributed by atoms with E-state index in [0.29, 0.717) is 0 Å². The van der Waals surface area contributed by atoms with Crippen LogP contribution < -0.4 is 11.1 Å². The van der Waals surface area contributed by atoms with Crippen molar-refractivity contribution in [3.05, 3.63) is 0 Å². The van der Waals surface area contributed by atoms with Gasteiger partial charge in [0.25, 0.3) is 0 Å². The number of rotatable bonds is 7. The number of nitrogens with zero attached hydrogens (tertiary/aromatic N) is 1. The van der Waals surface area contributed by atoms with Gasteiger partial charge in [-0.05, 0) is 44.4 Å². The van der Waals surface area contributed by atoms with E-state index in [-0.39, 0.29) is 11.9 Å². The first-order valence-electron chi connectivity index (χ1n) is 6.48. The van der Waals surface area contributed by atoms with Crippen molar-refractivity contribution in [3.8, 4) is 0 Å². The van der Waals surface area contributed by atoms with Gasteiger partial charge in [0, 0.05) is 13.1 Å². The van der Waals surface area contributed by atoms with E-state index in [0.717, 1.165) is 25.3 Å². The number of piperidine rings is 1. The second-order valence-corrected chi connectivity index (χ2v) is 5.57. The molecule has 3 N–H and O–H groups in total. The highest BCUT2D eigenvalue weighted by molar-refractivity contribution is 7.98. The number of carbonyl (C=O) groups excluding carboxylic acids is 1. The lowest BCUT2D eigenvalue weighted by molar-refractivity contribution is -0.122. The maximum absolute atomic E-state index is 11.6. The van der Waals surface area contributed by atoms with E-state index in [1.54, 1.807) is 11.8 Å². The van der Waals surface area contributed by atoms with Crippen molar-refractivity contribution in [2.75, 3.05) is 38.2 Å². The molecule has 1 amide bonds. The number of amides is 1. The molecule has 1 fully saturated rings. The van der Waals surface area contributed by atoms with Crippen LogP contribution in [0, 0.1) is 0 Å². The minimum atomic E-state index is -0.344. The smallest absolute Gasteiger partial charge is 0.236 e. The van der Waals surface area contributed by atoms with Crippen LogP contribution in [0.1, 0.15) is 25.7 Å². The first-order valence-corrected chi connectivity index (χ1v) is 7.88. The van der Waals surface area contributed by atoms with Gasteiger partial charge in [0.1, 0.15) is 0 Å². The van der Waals surface area contributed by atoms with Crippen molar-refractivity contribution in [2.45, 2.75) is 31.7 Å². The topological polar surface area (TPSA) is 58.4 Å². The van der Waals surface area contributed by atoms with Gasteiger partial charge in [0.05, 0.1) is 6.04 Å². The molecule has 0 spiro atoms. The number of nitrogens with two attached hydrogens (primary N) is 1. The second kappa shape index (κ2) is 8.78. The lowest BCUT2D eigenvalue weighted by Crippen LogP contribution is -2.44. The third kappa shape index (κ3) is 6.29. The van der Waals surface area contributed by atoms with Gasteiger partial charge in [0.15, 0.2) is 0 Å². The summed E-state index contributed by atoms with van der Waals surface area (Å²) in [5, 5.41) is 2.92. The Morgan fingerprint density at radius 1 is 1.41 bits per heavy atom. The highest BCUT2D eigenvalue weighted by atomic mass is 32.2. The van der Waals surface area contributed by atoms with E-state index in [4.69, 9.17) is 5.73 Å². The van der Waals surface area contributed by atoms with Gasteiger partial charge in [-0.2, -0.15) is 11.8 Å². The molecule has 0 radical (unpaired) electrons. The fourth-order valence-corrected chi connectivity index (χ4v) is 2.52. The largest absolute Gasteiger partial charge is 0.353 e. The molecule has 4 nitrogen and oxygen atoms in total. The molecule has 0 aliphatic carbocycles. The standard InChI is InChI=1S/C12H25N3OS/c1-17-10-5-11(13)12(16)14-6-9-15-7-3-2-4-8-15/h11H,2-10,13H2,1H3,(H,14,16)/t11-/m0/s1.